The molecule has 14 unspecified atom stereocenters. The van der Waals surface area contributed by atoms with Crippen molar-refractivity contribution in [1.82, 2.24) is 0 Å². The number of carbonyl (C=O) groups excluding carboxylic acids is 1. The molecule has 0 aromatic rings. The second-order valence-electron chi connectivity index (χ2n) is 21.4. The average Bonchev–Trinajstić information content (AvgIpc) is 3.59. The third kappa shape index (κ3) is 12.7. The Kier molecular flexibility index (Phi) is 20.0. The molecule has 3 N–H and O–H groups in total. The maximum absolute atomic E-state index is 12.6. The molecule has 0 amide bonds. The Balaban J connectivity index is 1.02. The number of aliphatic hydroxyl groups is 3. The normalized spacial score (nSPS) is 36.4. The van der Waals surface area contributed by atoms with Gasteiger partial charge in [0.05, 0.1) is 6.10 Å². The molecule has 0 radical (unpaired) electrons. The van der Waals surface area contributed by atoms with Gasteiger partial charge in [-0.25, -0.2) is 0 Å². The number of fused-ring (bicyclic) bond motifs is 5. The van der Waals surface area contributed by atoms with E-state index < -0.39 is 30.7 Å². The number of allylic oxidation sites excluding steroid dienone is 3. The maximum Gasteiger partial charge on any atom is 0.305 e. The minimum Gasteiger partial charge on any atom is -0.463 e. The van der Waals surface area contributed by atoms with Gasteiger partial charge >= 0.3 is 5.97 Å². The van der Waals surface area contributed by atoms with Gasteiger partial charge in [0, 0.05) is 6.42 Å². The molecule has 1 saturated heterocycles. The van der Waals surface area contributed by atoms with Crippen LogP contribution in [-0.4, -0.2) is 64.7 Å². The van der Waals surface area contributed by atoms with Crippen molar-refractivity contribution in [3.8, 4) is 0 Å². The molecule has 60 heavy (non-hydrogen) atoms. The van der Waals surface area contributed by atoms with Crippen molar-refractivity contribution in [2.24, 2.45) is 52.3 Å². The van der Waals surface area contributed by atoms with Gasteiger partial charge in [-0.2, -0.15) is 0 Å². The van der Waals surface area contributed by atoms with E-state index in [9.17, 15) is 20.1 Å². The Bertz CT molecular complexity index is 1330. The monoisotopic (exact) mass is 841 g/mol. The van der Waals surface area contributed by atoms with Crippen molar-refractivity contribution in [3.05, 3.63) is 23.8 Å². The summed E-state index contributed by atoms with van der Waals surface area (Å²) >= 11 is 0. The van der Waals surface area contributed by atoms with Crippen LogP contribution in [0, 0.1) is 52.3 Å². The van der Waals surface area contributed by atoms with E-state index in [2.05, 4.69) is 66.7 Å². The van der Waals surface area contributed by atoms with Gasteiger partial charge in [-0.15, -0.1) is 0 Å². The third-order valence-corrected chi connectivity index (χ3v) is 17.1. The molecule has 0 aromatic heterocycles. The number of hydrogen-bond acceptors (Lipinski definition) is 7. The first-order valence-electron chi connectivity index (χ1n) is 25.7. The fourth-order valence-electron chi connectivity index (χ4n) is 13.2. The molecule has 4 aliphatic carbocycles. The number of carbonyl (C=O) groups is 1. The maximum atomic E-state index is 12.6. The van der Waals surface area contributed by atoms with Gasteiger partial charge in [-0.3, -0.25) is 4.79 Å². The minimum atomic E-state index is -1.44. The fraction of sp³-hybridized carbons (Fsp3) is 0.906. The molecule has 0 bridgehead atoms. The summed E-state index contributed by atoms with van der Waals surface area (Å²) in [6.45, 7) is 16.8. The number of ether oxygens (including phenoxy) is 3. The van der Waals surface area contributed by atoms with E-state index in [1.165, 1.54) is 115 Å². The highest BCUT2D eigenvalue weighted by molar-refractivity contribution is 5.69. The second kappa shape index (κ2) is 24.2. The van der Waals surface area contributed by atoms with Crippen LogP contribution in [0.3, 0.4) is 0 Å². The van der Waals surface area contributed by atoms with E-state index in [1.54, 1.807) is 0 Å². The first-order valence-corrected chi connectivity index (χ1v) is 25.7. The Hall–Kier alpha value is -1.25. The lowest BCUT2D eigenvalue weighted by molar-refractivity contribution is -0.313. The highest BCUT2D eigenvalue weighted by Crippen LogP contribution is 2.67. The van der Waals surface area contributed by atoms with Gasteiger partial charge in [0.2, 0.25) is 0 Å². The molecule has 3 saturated carbocycles. The summed E-state index contributed by atoms with van der Waals surface area (Å²) in [5.74, 6) is 4.62. The van der Waals surface area contributed by atoms with Gasteiger partial charge in [-0.05, 0) is 116 Å². The molecule has 1 heterocycles. The number of esters is 1. The molecule has 7 nitrogen and oxygen atoms in total. The molecule has 5 rings (SSSR count). The lowest BCUT2D eigenvalue weighted by Gasteiger charge is -2.58. The highest BCUT2D eigenvalue weighted by Gasteiger charge is 2.59. The molecule has 0 spiro atoms. The summed E-state index contributed by atoms with van der Waals surface area (Å²) in [4.78, 5) is 12.6. The molecular weight excluding hydrogens is 749 g/mol. The predicted molar refractivity (Wildman–Crippen MR) is 244 cm³/mol. The lowest BCUT2D eigenvalue weighted by Crippen LogP contribution is -2.60. The topological polar surface area (TPSA) is 105 Å². The van der Waals surface area contributed by atoms with E-state index in [1.807, 2.05) is 0 Å². The van der Waals surface area contributed by atoms with Crippen molar-refractivity contribution in [2.75, 3.05) is 6.61 Å². The molecule has 1 aliphatic heterocycles. The van der Waals surface area contributed by atoms with Gasteiger partial charge in [-0.1, -0.05) is 162 Å². The summed E-state index contributed by atoms with van der Waals surface area (Å²) < 4.78 is 18.0. The summed E-state index contributed by atoms with van der Waals surface area (Å²) in [5.41, 5.74) is 2.05. The molecule has 14 atom stereocenters. The van der Waals surface area contributed by atoms with E-state index in [0.717, 1.165) is 62.7 Å². The largest absolute Gasteiger partial charge is 0.463 e. The summed E-state index contributed by atoms with van der Waals surface area (Å²) in [6, 6.07) is 0. The molecule has 5 aliphatic rings. The van der Waals surface area contributed by atoms with Crippen LogP contribution in [0.25, 0.3) is 0 Å². The van der Waals surface area contributed by atoms with Crippen molar-refractivity contribution in [2.45, 2.75) is 246 Å². The lowest BCUT2D eigenvalue weighted by atomic mass is 9.47. The SMILES string of the molecule is CCCCCCCCCCCCCCCCCC(=O)OCC1OC(OC2CCC3(C)C(=CCC4C3CCC3(C)C(C(C)/C=C/C(CC)C(C)C)CCC43)C2)C(O)C(O)C1O. The van der Waals surface area contributed by atoms with Crippen LogP contribution >= 0.6 is 0 Å². The third-order valence-electron chi connectivity index (χ3n) is 17.1. The van der Waals surface area contributed by atoms with Gasteiger partial charge in [0.1, 0.15) is 31.0 Å². The molecule has 346 valence electrons. The Labute approximate surface area is 367 Å². The van der Waals surface area contributed by atoms with Gasteiger partial charge in [0.25, 0.3) is 0 Å². The van der Waals surface area contributed by atoms with Crippen LogP contribution in [0.15, 0.2) is 23.8 Å². The first-order chi connectivity index (χ1) is 28.8. The number of rotatable bonds is 25. The van der Waals surface area contributed by atoms with Crippen LogP contribution in [0.2, 0.25) is 0 Å². The van der Waals surface area contributed by atoms with E-state index >= 15 is 0 Å². The number of unbranched alkanes of at least 4 members (excludes halogenated alkanes) is 14. The quantitative estimate of drug-likeness (QED) is 0.0477. The fourth-order valence-corrected chi connectivity index (χ4v) is 13.2. The summed E-state index contributed by atoms with van der Waals surface area (Å²) in [5, 5.41) is 32.5. The zero-order chi connectivity index (χ0) is 43.3. The average molecular weight is 841 g/mol. The smallest absolute Gasteiger partial charge is 0.305 e. The predicted octanol–water partition coefficient (Wildman–Crippen LogP) is 12.4. The minimum absolute atomic E-state index is 0.147. The number of aliphatic hydroxyl groups excluding tert-OH is 3. The van der Waals surface area contributed by atoms with E-state index in [4.69, 9.17) is 14.2 Å². The first kappa shape index (κ1) is 49.8. The van der Waals surface area contributed by atoms with Gasteiger partial charge < -0.3 is 29.5 Å². The Morgan fingerprint density at radius 3 is 2.03 bits per heavy atom. The highest BCUT2D eigenvalue weighted by atomic mass is 16.7. The molecular formula is C53H92O7. The van der Waals surface area contributed by atoms with E-state index in [-0.39, 0.29) is 24.1 Å². The van der Waals surface area contributed by atoms with Crippen LogP contribution < -0.4 is 0 Å². The van der Waals surface area contributed by atoms with Crippen LogP contribution in [0.4, 0.5) is 0 Å². The standard InChI is InChI=1S/C53H92O7/c1-8-10-11-12-13-14-15-16-17-18-19-20-21-22-23-24-47(54)58-36-46-48(55)49(56)50(57)51(60-46)59-41-31-33-52(6)40(35-41)27-28-42-44-30-29-43(53(44,7)34-32-45(42)52)38(5)25-26-39(9-2)37(3)4/h25-27,37-39,41-46,48-51,55-57H,8-24,28-36H2,1-7H3/b26-25+. The Morgan fingerprint density at radius 2 is 1.42 bits per heavy atom. The molecule has 0 aromatic carbocycles. The summed E-state index contributed by atoms with van der Waals surface area (Å²) in [7, 11) is 0. The van der Waals surface area contributed by atoms with Gasteiger partial charge in [0.15, 0.2) is 6.29 Å². The van der Waals surface area contributed by atoms with Crippen molar-refractivity contribution < 1.29 is 34.3 Å². The van der Waals surface area contributed by atoms with Crippen molar-refractivity contribution >= 4 is 5.97 Å². The number of hydrogen-bond donors (Lipinski definition) is 3. The van der Waals surface area contributed by atoms with Crippen LogP contribution in [0.5, 0.6) is 0 Å². The molecule has 7 heteroatoms. The van der Waals surface area contributed by atoms with Crippen LogP contribution in [0.1, 0.15) is 209 Å². The van der Waals surface area contributed by atoms with E-state index in [0.29, 0.717) is 35.5 Å². The van der Waals surface area contributed by atoms with Crippen LogP contribution in [-0.2, 0) is 19.0 Å². The second-order valence-corrected chi connectivity index (χ2v) is 21.4. The van der Waals surface area contributed by atoms with Crippen molar-refractivity contribution in [3.63, 3.8) is 0 Å². The zero-order valence-corrected chi connectivity index (χ0v) is 39.6. The Morgan fingerprint density at radius 1 is 0.783 bits per heavy atom. The molecule has 4 fully saturated rings. The van der Waals surface area contributed by atoms with Crippen molar-refractivity contribution in [1.29, 1.82) is 0 Å². The summed E-state index contributed by atoms with van der Waals surface area (Å²) in [6.07, 6.45) is 31.0. The zero-order valence-electron chi connectivity index (χ0n) is 39.6.